The van der Waals surface area contributed by atoms with E-state index < -0.39 is 0 Å². The minimum Gasteiger partial charge on any atom is -0.339 e. The second-order valence-electron chi connectivity index (χ2n) is 8.38. The molecule has 1 amide bonds. The Morgan fingerprint density at radius 1 is 1.00 bits per heavy atom. The average Bonchev–Trinajstić information content (AvgIpc) is 3.17. The number of piperazine rings is 1. The lowest BCUT2D eigenvalue weighted by Gasteiger charge is -2.35. The van der Waals surface area contributed by atoms with Crippen molar-refractivity contribution in [2.45, 2.75) is 37.3 Å². The van der Waals surface area contributed by atoms with E-state index >= 15 is 0 Å². The molecule has 1 unspecified atom stereocenters. The van der Waals surface area contributed by atoms with E-state index in [0.29, 0.717) is 5.16 Å². The molecule has 1 fully saturated rings. The highest BCUT2D eigenvalue weighted by Crippen LogP contribution is 2.28. The van der Waals surface area contributed by atoms with Crippen molar-refractivity contribution < 1.29 is 4.79 Å². The van der Waals surface area contributed by atoms with E-state index in [4.69, 9.17) is 4.98 Å². The molecule has 5 rings (SSSR count). The summed E-state index contributed by atoms with van der Waals surface area (Å²) in [6.07, 6.45) is 0. The number of carbonyl (C=O) groups excluding carboxylic acids is 1. The van der Waals surface area contributed by atoms with Gasteiger partial charge in [0, 0.05) is 44.7 Å². The molecule has 1 aliphatic heterocycles. The zero-order chi connectivity index (χ0) is 22.8. The Morgan fingerprint density at radius 2 is 1.73 bits per heavy atom. The van der Waals surface area contributed by atoms with E-state index in [1.165, 1.54) is 17.3 Å². The van der Waals surface area contributed by atoms with Crippen molar-refractivity contribution in [3.05, 3.63) is 60.2 Å². The summed E-state index contributed by atoms with van der Waals surface area (Å²) in [7, 11) is 0. The first-order valence-corrected chi connectivity index (χ1v) is 12.4. The third kappa shape index (κ3) is 4.45. The number of hydrogen-bond donors (Lipinski definition) is 0. The predicted octanol–water partition coefficient (Wildman–Crippen LogP) is 3.82. The number of hydrogen-bond acceptors (Lipinski definition) is 6. The highest BCUT2D eigenvalue weighted by atomic mass is 32.2. The van der Waals surface area contributed by atoms with Gasteiger partial charge in [-0.05, 0) is 25.5 Å². The largest absolute Gasteiger partial charge is 0.339 e. The Bertz CT molecular complexity index is 1270. The molecule has 0 bridgehead atoms. The monoisotopic (exact) mass is 460 g/mol. The van der Waals surface area contributed by atoms with Crippen LogP contribution in [-0.4, -0.2) is 66.9 Å². The third-order valence-corrected chi connectivity index (χ3v) is 7.17. The van der Waals surface area contributed by atoms with Crippen molar-refractivity contribution in [2.24, 2.45) is 0 Å². The smallest absolute Gasteiger partial charge is 0.235 e. The zero-order valence-corrected chi connectivity index (χ0v) is 19.8. The molecule has 0 radical (unpaired) electrons. The van der Waals surface area contributed by atoms with Gasteiger partial charge in [-0.3, -0.25) is 9.69 Å². The predicted molar refractivity (Wildman–Crippen MR) is 132 cm³/mol. The molecule has 0 N–H and O–H groups in total. The molecule has 33 heavy (non-hydrogen) atoms. The summed E-state index contributed by atoms with van der Waals surface area (Å²) in [5.41, 5.74) is 4.05. The van der Waals surface area contributed by atoms with Gasteiger partial charge in [-0.15, -0.1) is 10.2 Å². The minimum atomic E-state index is -0.260. The second-order valence-corrected chi connectivity index (χ2v) is 9.68. The molecule has 170 valence electrons. The number of aromatic nitrogens is 4. The summed E-state index contributed by atoms with van der Waals surface area (Å²) in [5.74, 6) is 0.138. The maximum absolute atomic E-state index is 13.1. The van der Waals surface area contributed by atoms with Gasteiger partial charge in [0.05, 0.1) is 10.8 Å². The minimum absolute atomic E-state index is 0.138. The number of benzene rings is 2. The first-order chi connectivity index (χ1) is 16.1. The maximum Gasteiger partial charge on any atom is 0.235 e. The highest BCUT2D eigenvalue weighted by Gasteiger charge is 2.26. The van der Waals surface area contributed by atoms with Gasteiger partial charge in [-0.1, -0.05) is 60.3 Å². The molecule has 0 spiro atoms. The fourth-order valence-corrected chi connectivity index (χ4v) is 5.29. The Hall–Kier alpha value is -2.97. The number of para-hydroxylation sites is 1. The highest BCUT2D eigenvalue weighted by molar-refractivity contribution is 8.00. The number of nitrogens with zero attached hydrogens (tertiary/aromatic N) is 6. The van der Waals surface area contributed by atoms with Gasteiger partial charge in [-0.25, -0.2) is 4.98 Å². The van der Waals surface area contributed by atoms with Crippen molar-refractivity contribution in [2.75, 3.05) is 26.2 Å². The molecule has 3 heterocycles. The van der Waals surface area contributed by atoms with Gasteiger partial charge in [-0.2, -0.15) is 0 Å². The van der Waals surface area contributed by atoms with Crippen LogP contribution in [0.3, 0.4) is 0 Å². The summed E-state index contributed by atoms with van der Waals surface area (Å²) in [4.78, 5) is 22.3. The zero-order valence-electron chi connectivity index (χ0n) is 19.0. The summed E-state index contributed by atoms with van der Waals surface area (Å²) in [5, 5.41) is 10.2. The fourth-order valence-electron chi connectivity index (χ4n) is 4.49. The van der Waals surface area contributed by atoms with Gasteiger partial charge >= 0.3 is 0 Å². The van der Waals surface area contributed by atoms with Crippen molar-refractivity contribution in [1.29, 1.82) is 0 Å². The fraction of sp³-hybridized carbons (Fsp3) is 0.360. The van der Waals surface area contributed by atoms with Gasteiger partial charge in [0.25, 0.3) is 0 Å². The van der Waals surface area contributed by atoms with E-state index in [-0.39, 0.29) is 11.2 Å². The number of amides is 1. The topological polar surface area (TPSA) is 67.2 Å². The maximum atomic E-state index is 13.1. The molecule has 1 aliphatic rings. The van der Waals surface area contributed by atoms with Crippen molar-refractivity contribution >= 4 is 39.7 Å². The standard InChI is InChI=1S/C25H28N6OS/c1-3-31-21-12-8-7-11-20(21)22-23(31)26-25(28-27-22)33-18(2)24(32)30-15-13-29(14-16-30)17-19-9-5-4-6-10-19/h4-12,18H,3,13-17H2,1-2H3. The summed E-state index contributed by atoms with van der Waals surface area (Å²) in [6, 6.07) is 18.7. The van der Waals surface area contributed by atoms with Crippen LogP contribution in [0.2, 0.25) is 0 Å². The molecular weight excluding hydrogens is 432 g/mol. The van der Waals surface area contributed by atoms with Gasteiger partial charge in [0.15, 0.2) is 5.65 Å². The van der Waals surface area contributed by atoms with Crippen molar-refractivity contribution in [1.82, 2.24) is 29.5 Å². The molecule has 0 saturated carbocycles. The molecule has 7 nitrogen and oxygen atoms in total. The first kappa shape index (κ1) is 21.9. The lowest BCUT2D eigenvalue weighted by atomic mass is 10.2. The molecule has 2 aromatic heterocycles. The number of thioether (sulfide) groups is 1. The van der Waals surface area contributed by atoms with Crippen LogP contribution in [0, 0.1) is 0 Å². The number of fused-ring (bicyclic) bond motifs is 3. The second kappa shape index (κ2) is 9.49. The van der Waals surface area contributed by atoms with Crippen LogP contribution < -0.4 is 0 Å². The van der Waals surface area contributed by atoms with Crippen LogP contribution in [0.15, 0.2) is 59.8 Å². The molecule has 0 aliphatic carbocycles. The lowest BCUT2D eigenvalue weighted by Crippen LogP contribution is -2.50. The first-order valence-electron chi connectivity index (χ1n) is 11.5. The van der Waals surface area contributed by atoms with Gasteiger partial charge < -0.3 is 9.47 Å². The molecule has 8 heteroatoms. The Labute approximate surface area is 197 Å². The van der Waals surface area contributed by atoms with E-state index in [0.717, 1.165) is 61.3 Å². The average molecular weight is 461 g/mol. The lowest BCUT2D eigenvalue weighted by molar-refractivity contribution is -0.132. The quantitative estimate of drug-likeness (QED) is 0.408. The molecule has 4 aromatic rings. The number of carbonyl (C=O) groups is 1. The molecule has 2 aromatic carbocycles. The SMILES string of the molecule is CCn1c2ccccc2c2nnc(SC(C)C(=O)N3CCN(Cc4ccccc4)CC3)nc21. The van der Waals surface area contributed by atoms with Crippen LogP contribution in [0.1, 0.15) is 19.4 Å². The molecular formula is C25H28N6OS. The van der Waals surface area contributed by atoms with Crippen molar-refractivity contribution in [3.63, 3.8) is 0 Å². The molecule has 1 atom stereocenters. The Morgan fingerprint density at radius 3 is 2.48 bits per heavy atom. The van der Waals surface area contributed by atoms with Crippen LogP contribution >= 0.6 is 11.8 Å². The Kier molecular flexibility index (Phi) is 6.28. The van der Waals surface area contributed by atoms with Crippen LogP contribution in [0.4, 0.5) is 0 Å². The third-order valence-electron chi connectivity index (χ3n) is 6.23. The van der Waals surface area contributed by atoms with Crippen LogP contribution in [0.5, 0.6) is 0 Å². The van der Waals surface area contributed by atoms with Gasteiger partial charge in [0.2, 0.25) is 11.1 Å². The van der Waals surface area contributed by atoms with Crippen LogP contribution in [-0.2, 0) is 17.9 Å². The van der Waals surface area contributed by atoms with E-state index in [1.807, 2.05) is 30.0 Å². The number of aryl methyl sites for hydroxylation is 1. The van der Waals surface area contributed by atoms with Crippen LogP contribution in [0.25, 0.3) is 22.1 Å². The van der Waals surface area contributed by atoms with E-state index in [1.54, 1.807) is 0 Å². The Balaban J connectivity index is 1.24. The van der Waals surface area contributed by atoms with E-state index in [2.05, 4.69) is 63.0 Å². The molecule has 1 saturated heterocycles. The normalized spacial score (nSPS) is 15.9. The summed E-state index contributed by atoms with van der Waals surface area (Å²) >= 11 is 1.39. The summed E-state index contributed by atoms with van der Waals surface area (Å²) in [6.45, 7) is 9.04. The van der Waals surface area contributed by atoms with E-state index in [9.17, 15) is 4.79 Å². The van der Waals surface area contributed by atoms with Crippen molar-refractivity contribution in [3.8, 4) is 0 Å². The number of rotatable bonds is 6. The summed E-state index contributed by atoms with van der Waals surface area (Å²) < 4.78 is 2.15. The van der Waals surface area contributed by atoms with Gasteiger partial charge in [0.1, 0.15) is 5.52 Å².